The number of nitrogens with two attached hydrogens (primary N) is 1. The van der Waals surface area contributed by atoms with Crippen molar-refractivity contribution in [3.05, 3.63) is 11.9 Å². The van der Waals surface area contributed by atoms with Gasteiger partial charge in [-0.25, -0.2) is 4.98 Å². The Balaban J connectivity index is 1.67. The molecule has 0 aliphatic carbocycles. The minimum absolute atomic E-state index is 0.0587. The number of anilines is 1. The molecule has 7 heteroatoms. The predicted molar refractivity (Wildman–Crippen MR) is 73.2 cm³/mol. The quantitative estimate of drug-likeness (QED) is 0.798. The van der Waals surface area contributed by atoms with Crippen molar-refractivity contribution in [2.75, 3.05) is 25.0 Å². The molecule has 1 aromatic rings. The maximum Gasteiger partial charge on any atom is 0.274 e. The van der Waals surface area contributed by atoms with Gasteiger partial charge in [0.1, 0.15) is 5.69 Å². The summed E-state index contributed by atoms with van der Waals surface area (Å²) in [5.41, 5.74) is 5.78. The molecule has 0 unspecified atom stereocenters. The largest absolute Gasteiger partial charge is 0.369 e. The second-order valence-electron chi connectivity index (χ2n) is 5.39. The first-order valence-electron chi connectivity index (χ1n) is 7.05. The Labute approximate surface area is 117 Å². The highest BCUT2D eigenvalue weighted by Gasteiger charge is 2.28. The number of likely N-dealkylation sites (tertiary alicyclic amines) is 1. The van der Waals surface area contributed by atoms with Gasteiger partial charge in [-0.2, -0.15) is 0 Å². The van der Waals surface area contributed by atoms with Crippen LogP contribution in [-0.4, -0.2) is 45.9 Å². The standard InChI is InChI=1S/C13H19N5O2/c14-11(19)9-2-6-17(7-3-9)12(20)10-8-18-5-1-4-15-13(18)16-10/h8-9H,1-7H2,(H2,14,19)(H,15,16). The monoisotopic (exact) mass is 277 g/mol. The minimum atomic E-state index is -0.265. The summed E-state index contributed by atoms with van der Waals surface area (Å²) in [5, 5.41) is 3.18. The zero-order valence-electron chi connectivity index (χ0n) is 11.3. The Bertz CT molecular complexity index is 507. The third-order valence-corrected chi connectivity index (χ3v) is 4.04. The van der Waals surface area contributed by atoms with Gasteiger partial charge in [-0.3, -0.25) is 9.59 Å². The van der Waals surface area contributed by atoms with Crippen molar-refractivity contribution < 1.29 is 9.59 Å². The van der Waals surface area contributed by atoms with E-state index in [2.05, 4.69) is 10.3 Å². The normalized spacial score (nSPS) is 19.3. The number of aromatic nitrogens is 2. The number of amides is 2. The van der Waals surface area contributed by atoms with Crippen molar-refractivity contribution in [2.45, 2.75) is 25.8 Å². The first kappa shape index (κ1) is 13.0. The van der Waals surface area contributed by atoms with Crippen LogP contribution in [0.3, 0.4) is 0 Å². The number of primary amides is 1. The van der Waals surface area contributed by atoms with Crippen LogP contribution in [0.5, 0.6) is 0 Å². The number of hydrogen-bond acceptors (Lipinski definition) is 4. The molecule has 0 spiro atoms. The Morgan fingerprint density at radius 1 is 1.30 bits per heavy atom. The van der Waals surface area contributed by atoms with Gasteiger partial charge in [0.25, 0.3) is 5.91 Å². The van der Waals surface area contributed by atoms with Gasteiger partial charge in [0.15, 0.2) is 0 Å². The summed E-state index contributed by atoms with van der Waals surface area (Å²) in [4.78, 5) is 29.6. The van der Waals surface area contributed by atoms with Crippen molar-refractivity contribution >= 4 is 17.8 Å². The SMILES string of the molecule is NC(=O)C1CCN(C(=O)c2cn3c(n2)NCCC3)CC1. The lowest BCUT2D eigenvalue weighted by atomic mass is 9.96. The molecule has 108 valence electrons. The Hall–Kier alpha value is -2.05. The number of rotatable bonds is 2. The first-order valence-corrected chi connectivity index (χ1v) is 7.05. The van der Waals surface area contributed by atoms with Crippen LogP contribution in [0.2, 0.25) is 0 Å². The van der Waals surface area contributed by atoms with E-state index in [1.54, 1.807) is 4.90 Å². The minimum Gasteiger partial charge on any atom is -0.369 e. The number of imidazole rings is 1. The number of aryl methyl sites for hydroxylation is 1. The fourth-order valence-corrected chi connectivity index (χ4v) is 2.81. The van der Waals surface area contributed by atoms with Gasteiger partial charge in [0, 0.05) is 38.3 Å². The summed E-state index contributed by atoms with van der Waals surface area (Å²) >= 11 is 0. The average molecular weight is 277 g/mol. The van der Waals surface area contributed by atoms with Crippen LogP contribution in [-0.2, 0) is 11.3 Å². The zero-order chi connectivity index (χ0) is 14.1. The van der Waals surface area contributed by atoms with E-state index in [1.807, 2.05) is 10.8 Å². The molecule has 0 radical (unpaired) electrons. The first-order chi connectivity index (χ1) is 9.65. The van der Waals surface area contributed by atoms with E-state index in [-0.39, 0.29) is 17.7 Å². The van der Waals surface area contributed by atoms with E-state index in [1.165, 1.54) is 0 Å². The summed E-state index contributed by atoms with van der Waals surface area (Å²) in [5.74, 6) is 0.345. The molecule has 20 heavy (non-hydrogen) atoms. The molecule has 2 amide bonds. The van der Waals surface area contributed by atoms with Crippen molar-refractivity contribution in [3.63, 3.8) is 0 Å². The van der Waals surface area contributed by atoms with Gasteiger partial charge in [-0.15, -0.1) is 0 Å². The summed E-state index contributed by atoms with van der Waals surface area (Å²) in [7, 11) is 0. The summed E-state index contributed by atoms with van der Waals surface area (Å²) < 4.78 is 1.98. The molecule has 3 heterocycles. The maximum absolute atomic E-state index is 12.4. The van der Waals surface area contributed by atoms with E-state index in [0.29, 0.717) is 31.6 Å². The van der Waals surface area contributed by atoms with Gasteiger partial charge >= 0.3 is 0 Å². The molecule has 0 bridgehead atoms. The summed E-state index contributed by atoms with van der Waals surface area (Å²) in [6, 6.07) is 0. The van der Waals surface area contributed by atoms with Crippen molar-refractivity contribution in [1.29, 1.82) is 0 Å². The molecular weight excluding hydrogens is 258 g/mol. The number of nitrogens with one attached hydrogen (secondary N) is 1. The third kappa shape index (κ3) is 2.35. The van der Waals surface area contributed by atoms with E-state index in [0.717, 1.165) is 25.5 Å². The topological polar surface area (TPSA) is 93.3 Å². The lowest BCUT2D eigenvalue weighted by Gasteiger charge is -2.29. The summed E-state index contributed by atoms with van der Waals surface area (Å²) in [6.07, 6.45) is 4.14. The second-order valence-corrected chi connectivity index (χ2v) is 5.39. The number of hydrogen-bond donors (Lipinski definition) is 2. The molecule has 1 aromatic heterocycles. The van der Waals surface area contributed by atoms with Crippen LogP contribution < -0.4 is 11.1 Å². The molecule has 2 aliphatic heterocycles. The Morgan fingerprint density at radius 2 is 2.05 bits per heavy atom. The smallest absolute Gasteiger partial charge is 0.274 e. The molecule has 0 saturated carbocycles. The van der Waals surface area contributed by atoms with Crippen LogP contribution in [0, 0.1) is 5.92 Å². The highest BCUT2D eigenvalue weighted by atomic mass is 16.2. The molecule has 2 aliphatic rings. The van der Waals surface area contributed by atoms with Gasteiger partial charge in [0.2, 0.25) is 11.9 Å². The van der Waals surface area contributed by atoms with Gasteiger partial charge < -0.3 is 20.5 Å². The highest BCUT2D eigenvalue weighted by Crippen LogP contribution is 2.20. The predicted octanol–water partition coefficient (Wildman–Crippen LogP) is 0.0362. The number of piperidine rings is 1. The molecule has 3 N–H and O–H groups in total. The fourth-order valence-electron chi connectivity index (χ4n) is 2.81. The number of nitrogens with zero attached hydrogens (tertiary/aromatic N) is 3. The van der Waals surface area contributed by atoms with Crippen molar-refractivity contribution in [3.8, 4) is 0 Å². The van der Waals surface area contributed by atoms with E-state index < -0.39 is 0 Å². The Morgan fingerprint density at radius 3 is 2.70 bits per heavy atom. The molecule has 0 atom stereocenters. The Kier molecular flexibility index (Phi) is 3.33. The second kappa shape index (κ2) is 5.15. The number of carbonyl (C=O) groups excluding carboxylic acids is 2. The number of fused-ring (bicyclic) bond motifs is 1. The average Bonchev–Trinajstić information content (AvgIpc) is 2.90. The van der Waals surface area contributed by atoms with E-state index in [9.17, 15) is 9.59 Å². The van der Waals surface area contributed by atoms with Gasteiger partial charge in [0.05, 0.1) is 0 Å². The lowest BCUT2D eigenvalue weighted by molar-refractivity contribution is -0.123. The molecule has 7 nitrogen and oxygen atoms in total. The van der Waals surface area contributed by atoms with Crippen molar-refractivity contribution in [1.82, 2.24) is 14.5 Å². The number of carbonyl (C=O) groups is 2. The van der Waals surface area contributed by atoms with Gasteiger partial charge in [-0.1, -0.05) is 0 Å². The van der Waals surface area contributed by atoms with Crippen molar-refractivity contribution in [2.24, 2.45) is 11.7 Å². The summed E-state index contributed by atoms with van der Waals surface area (Å²) in [6.45, 7) is 2.94. The fraction of sp³-hybridized carbons (Fsp3) is 0.615. The van der Waals surface area contributed by atoms with Gasteiger partial charge in [-0.05, 0) is 19.3 Å². The van der Waals surface area contributed by atoms with Crippen LogP contribution in [0.15, 0.2) is 6.20 Å². The third-order valence-electron chi connectivity index (χ3n) is 4.04. The molecule has 0 aromatic carbocycles. The van der Waals surface area contributed by atoms with E-state index >= 15 is 0 Å². The molecule has 1 saturated heterocycles. The van der Waals surface area contributed by atoms with Crippen LogP contribution in [0.4, 0.5) is 5.95 Å². The van der Waals surface area contributed by atoms with Crippen LogP contribution >= 0.6 is 0 Å². The van der Waals surface area contributed by atoms with Crippen LogP contribution in [0.25, 0.3) is 0 Å². The lowest BCUT2D eigenvalue weighted by Crippen LogP contribution is -2.41. The molecular formula is C13H19N5O2. The molecule has 3 rings (SSSR count). The molecule has 1 fully saturated rings. The van der Waals surface area contributed by atoms with E-state index in [4.69, 9.17) is 5.73 Å². The van der Waals surface area contributed by atoms with Crippen LogP contribution in [0.1, 0.15) is 29.8 Å². The maximum atomic E-state index is 12.4. The highest BCUT2D eigenvalue weighted by molar-refractivity contribution is 5.93. The zero-order valence-corrected chi connectivity index (χ0v) is 11.3.